The van der Waals surface area contributed by atoms with E-state index in [1.54, 1.807) is 0 Å². The van der Waals surface area contributed by atoms with Crippen LogP contribution in [-0.2, 0) is 11.3 Å². The highest BCUT2D eigenvalue weighted by atomic mass is 16.5. The van der Waals surface area contributed by atoms with Crippen LogP contribution in [0.15, 0.2) is 30.3 Å². The first-order valence-electron chi connectivity index (χ1n) is 11.7. The summed E-state index contributed by atoms with van der Waals surface area (Å²) in [5.74, 6) is 3.98. The monoisotopic (exact) mass is 366 g/mol. The van der Waals surface area contributed by atoms with Crippen LogP contribution in [0.25, 0.3) is 0 Å². The van der Waals surface area contributed by atoms with Crippen molar-refractivity contribution in [1.29, 1.82) is 0 Å². The van der Waals surface area contributed by atoms with Crippen LogP contribution in [0.2, 0.25) is 0 Å². The van der Waals surface area contributed by atoms with Crippen molar-refractivity contribution in [2.75, 3.05) is 0 Å². The van der Waals surface area contributed by atoms with Gasteiger partial charge in [-0.15, -0.1) is 0 Å². The van der Waals surface area contributed by atoms with Gasteiger partial charge in [0.2, 0.25) is 0 Å². The average Bonchev–Trinajstić information content (AvgIpc) is 3.09. The molecule has 0 saturated heterocycles. The summed E-state index contributed by atoms with van der Waals surface area (Å²) in [5.41, 5.74) is 2.61. The van der Waals surface area contributed by atoms with Crippen LogP contribution >= 0.6 is 0 Å². The second kappa shape index (κ2) is 6.90. The third kappa shape index (κ3) is 3.09. The zero-order valence-electron chi connectivity index (χ0n) is 17.5. The van der Waals surface area contributed by atoms with Crippen molar-refractivity contribution in [3.8, 4) is 0 Å². The Bertz CT molecular complexity index is 653. The number of hydrogen-bond acceptors (Lipinski definition) is 1. The van der Waals surface area contributed by atoms with Crippen molar-refractivity contribution in [1.82, 2.24) is 0 Å². The number of benzene rings is 1. The zero-order chi connectivity index (χ0) is 18.5. The number of hydrogen-bond donors (Lipinski definition) is 0. The molecule has 1 nitrogen and oxygen atoms in total. The normalized spacial score (nSPS) is 46.4. The van der Waals surface area contributed by atoms with Gasteiger partial charge in [0.25, 0.3) is 0 Å². The van der Waals surface area contributed by atoms with E-state index in [4.69, 9.17) is 4.74 Å². The van der Waals surface area contributed by atoms with Gasteiger partial charge in [0.1, 0.15) is 0 Å². The summed E-state index contributed by atoms with van der Waals surface area (Å²) in [6.07, 6.45) is 15.0. The largest absolute Gasteiger partial charge is 0.374 e. The highest BCUT2D eigenvalue weighted by molar-refractivity contribution is 5.13. The maximum absolute atomic E-state index is 6.38. The van der Waals surface area contributed by atoms with Gasteiger partial charge in [-0.1, -0.05) is 50.6 Å². The molecule has 0 unspecified atom stereocenters. The quantitative estimate of drug-likeness (QED) is 0.559. The van der Waals surface area contributed by atoms with Crippen LogP contribution in [0.4, 0.5) is 0 Å². The van der Waals surface area contributed by atoms with Gasteiger partial charge in [-0.3, -0.25) is 0 Å². The van der Waals surface area contributed by atoms with E-state index in [9.17, 15) is 0 Å². The molecule has 0 spiro atoms. The molecule has 1 aromatic carbocycles. The third-order valence-electron chi connectivity index (χ3n) is 9.73. The number of ether oxygens (including phenoxy) is 1. The van der Waals surface area contributed by atoms with Crippen LogP contribution in [0, 0.1) is 34.5 Å². The molecule has 27 heavy (non-hydrogen) atoms. The number of fused-ring (bicyclic) bond motifs is 5. The fourth-order valence-electron chi connectivity index (χ4n) is 8.15. The van der Waals surface area contributed by atoms with Crippen LogP contribution < -0.4 is 0 Å². The van der Waals surface area contributed by atoms with Gasteiger partial charge in [-0.25, -0.2) is 0 Å². The van der Waals surface area contributed by atoms with E-state index in [0.717, 1.165) is 30.3 Å². The molecule has 5 rings (SSSR count). The van der Waals surface area contributed by atoms with Crippen LogP contribution in [0.3, 0.4) is 0 Å². The summed E-state index contributed by atoms with van der Waals surface area (Å²) >= 11 is 0. The molecule has 0 heterocycles. The highest BCUT2D eigenvalue weighted by Crippen LogP contribution is 2.66. The van der Waals surface area contributed by atoms with Gasteiger partial charge in [0, 0.05) is 0 Å². The predicted molar refractivity (Wildman–Crippen MR) is 111 cm³/mol. The van der Waals surface area contributed by atoms with Gasteiger partial charge in [0.15, 0.2) is 0 Å². The molecule has 7 atom stereocenters. The Morgan fingerprint density at radius 1 is 0.889 bits per heavy atom. The Labute approximate surface area is 166 Å². The van der Waals surface area contributed by atoms with E-state index in [0.29, 0.717) is 16.9 Å². The van der Waals surface area contributed by atoms with E-state index < -0.39 is 0 Å². The molecule has 4 saturated carbocycles. The molecule has 1 aromatic rings. The predicted octanol–water partition coefficient (Wildman–Crippen LogP) is 7.00. The fraction of sp³-hybridized carbons (Fsp3) is 0.769. The molecule has 4 aliphatic rings. The molecular weight excluding hydrogens is 328 g/mol. The first kappa shape index (κ1) is 18.2. The second-order valence-corrected chi connectivity index (χ2v) is 10.9. The fourth-order valence-corrected chi connectivity index (χ4v) is 8.15. The van der Waals surface area contributed by atoms with E-state index in [1.807, 2.05) is 0 Å². The first-order valence-corrected chi connectivity index (χ1v) is 11.7. The lowest BCUT2D eigenvalue weighted by Crippen LogP contribution is -2.53. The molecule has 1 heteroatoms. The smallest absolute Gasteiger partial charge is 0.0720 e. The van der Waals surface area contributed by atoms with Crippen LogP contribution in [0.1, 0.15) is 83.6 Å². The minimum absolute atomic E-state index is 0.486. The molecule has 0 N–H and O–H groups in total. The molecule has 0 radical (unpaired) electrons. The lowest BCUT2D eigenvalue weighted by Gasteiger charge is -2.60. The minimum atomic E-state index is 0.486. The average molecular weight is 367 g/mol. The van der Waals surface area contributed by atoms with E-state index in [-0.39, 0.29) is 0 Å². The van der Waals surface area contributed by atoms with Crippen molar-refractivity contribution >= 4 is 0 Å². The molecule has 0 aliphatic heterocycles. The SMILES string of the molecule is C[C@]12CCC[C@@H]1[C@@H]1CC[C@H]3C[C@H](OCc4ccccc4)CC[C@]3(C)[C@H]1CC2. The van der Waals surface area contributed by atoms with Crippen molar-refractivity contribution < 1.29 is 4.74 Å². The summed E-state index contributed by atoms with van der Waals surface area (Å²) in [4.78, 5) is 0. The molecule has 148 valence electrons. The Hall–Kier alpha value is -0.820. The van der Waals surface area contributed by atoms with Crippen molar-refractivity contribution in [2.45, 2.75) is 90.8 Å². The molecule has 0 amide bonds. The van der Waals surface area contributed by atoms with Gasteiger partial charge in [0.05, 0.1) is 12.7 Å². The second-order valence-electron chi connectivity index (χ2n) is 10.9. The molecule has 4 fully saturated rings. The lowest BCUT2D eigenvalue weighted by molar-refractivity contribution is -0.131. The molecule has 4 aliphatic carbocycles. The van der Waals surface area contributed by atoms with E-state index in [2.05, 4.69) is 44.2 Å². The highest BCUT2D eigenvalue weighted by Gasteiger charge is 2.57. The standard InChI is InChI=1S/C26H38O/c1-25-14-6-9-23(25)22-11-10-20-17-21(27-18-19-7-4-3-5-8-19)12-16-26(20,2)24(22)13-15-25/h3-5,7-8,20-24H,6,9-18H2,1-2H3/t20-,21+,22-,23+,24-,25+,26-/m0/s1. The Kier molecular flexibility index (Phi) is 4.66. The summed E-state index contributed by atoms with van der Waals surface area (Å²) in [5, 5.41) is 0. The Morgan fingerprint density at radius 3 is 2.59 bits per heavy atom. The van der Waals surface area contributed by atoms with Crippen LogP contribution in [-0.4, -0.2) is 6.10 Å². The number of rotatable bonds is 3. The van der Waals surface area contributed by atoms with E-state index >= 15 is 0 Å². The molecular formula is C26H38O. The Morgan fingerprint density at radius 2 is 1.74 bits per heavy atom. The van der Waals surface area contributed by atoms with Crippen LogP contribution in [0.5, 0.6) is 0 Å². The summed E-state index contributed by atoms with van der Waals surface area (Å²) in [6, 6.07) is 10.7. The summed E-state index contributed by atoms with van der Waals surface area (Å²) < 4.78 is 6.38. The third-order valence-corrected chi connectivity index (χ3v) is 9.73. The lowest BCUT2D eigenvalue weighted by atomic mass is 9.45. The van der Waals surface area contributed by atoms with Crippen molar-refractivity contribution in [3.05, 3.63) is 35.9 Å². The minimum Gasteiger partial charge on any atom is -0.374 e. The van der Waals surface area contributed by atoms with Gasteiger partial charge in [-0.05, 0) is 97.9 Å². The van der Waals surface area contributed by atoms with E-state index in [1.165, 1.54) is 69.8 Å². The maximum Gasteiger partial charge on any atom is 0.0720 e. The topological polar surface area (TPSA) is 9.23 Å². The zero-order valence-corrected chi connectivity index (χ0v) is 17.5. The summed E-state index contributed by atoms with van der Waals surface area (Å²) in [7, 11) is 0. The van der Waals surface area contributed by atoms with Gasteiger partial charge < -0.3 is 4.74 Å². The van der Waals surface area contributed by atoms with Crippen molar-refractivity contribution in [2.24, 2.45) is 34.5 Å². The first-order chi connectivity index (χ1) is 13.1. The molecule has 0 bridgehead atoms. The molecule has 0 aromatic heterocycles. The van der Waals surface area contributed by atoms with Crippen molar-refractivity contribution in [3.63, 3.8) is 0 Å². The van der Waals surface area contributed by atoms with Gasteiger partial charge >= 0.3 is 0 Å². The maximum atomic E-state index is 6.38. The van der Waals surface area contributed by atoms with Gasteiger partial charge in [-0.2, -0.15) is 0 Å². The summed E-state index contributed by atoms with van der Waals surface area (Å²) in [6.45, 7) is 6.10. The Balaban J connectivity index is 1.25.